The number of aliphatic imine (C=N–C) groups is 1. The van der Waals surface area contributed by atoms with Crippen LogP contribution in [-0.2, 0) is 23.0 Å². The van der Waals surface area contributed by atoms with Crippen molar-refractivity contribution >= 4 is 40.0 Å². The first-order valence-corrected chi connectivity index (χ1v) is 12.0. The Labute approximate surface area is 197 Å². The number of rotatable bonds is 10. The molecule has 0 amide bonds. The SMILES string of the molecule is CCOc1cc2c(cc1CNC(=NC)NCCCN(CC)S(C)(=O)=O)OC(C)C2.I. The molecular weight excluding hydrogens is 519 g/mol. The summed E-state index contributed by atoms with van der Waals surface area (Å²) in [7, 11) is -1.44. The fraction of sp³-hybridized carbons (Fsp3) is 0.650. The third-order valence-corrected chi connectivity index (χ3v) is 6.13. The van der Waals surface area contributed by atoms with Crippen LogP contribution < -0.4 is 20.1 Å². The molecule has 8 nitrogen and oxygen atoms in total. The molecule has 0 radical (unpaired) electrons. The molecule has 0 saturated heterocycles. The Hall–Kier alpha value is -1.27. The van der Waals surface area contributed by atoms with E-state index in [0.29, 0.717) is 45.2 Å². The molecule has 1 heterocycles. The predicted octanol–water partition coefficient (Wildman–Crippen LogP) is 2.36. The van der Waals surface area contributed by atoms with Gasteiger partial charge >= 0.3 is 0 Å². The predicted molar refractivity (Wildman–Crippen MR) is 132 cm³/mol. The smallest absolute Gasteiger partial charge is 0.211 e. The van der Waals surface area contributed by atoms with Crippen molar-refractivity contribution in [2.75, 3.05) is 39.5 Å². The standard InChI is InChI=1S/C20H34N4O4S.HI/c1-6-24(29(5,25)26)10-8-9-22-20(21-4)23-14-17-13-19-16(11-15(3)28-19)12-18(17)27-7-2;/h12-13,15H,6-11,14H2,1-5H3,(H2,21,22,23);1H. The fourth-order valence-electron chi connectivity index (χ4n) is 3.33. The second kappa shape index (κ2) is 12.6. The van der Waals surface area contributed by atoms with Gasteiger partial charge in [-0.1, -0.05) is 6.92 Å². The van der Waals surface area contributed by atoms with E-state index in [-0.39, 0.29) is 30.1 Å². The van der Waals surface area contributed by atoms with Gasteiger partial charge in [0.1, 0.15) is 17.6 Å². The Morgan fingerprint density at radius 2 is 2.07 bits per heavy atom. The summed E-state index contributed by atoms with van der Waals surface area (Å²) < 4.78 is 36.4. The largest absolute Gasteiger partial charge is 0.494 e. The van der Waals surface area contributed by atoms with Gasteiger partial charge in [0.2, 0.25) is 10.0 Å². The summed E-state index contributed by atoms with van der Waals surface area (Å²) in [6.45, 7) is 8.60. The van der Waals surface area contributed by atoms with Crippen molar-refractivity contribution in [2.45, 2.75) is 46.3 Å². The highest BCUT2D eigenvalue weighted by atomic mass is 127. The van der Waals surface area contributed by atoms with Crippen LogP contribution in [0.3, 0.4) is 0 Å². The number of sulfonamides is 1. The molecule has 0 aliphatic carbocycles. The molecule has 0 spiro atoms. The van der Waals surface area contributed by atoms with Crippen LogP contribution in [0, 0.1) is 0 Å². The van der Waals surface area contributed by atoms with Crippen molar-refractivity contribution in [3.8, 4) is 11.5 Å². The molecule has 1 aromatic rings. The van der Waals surface area contributed by atoms with Gasteiger partial charge in [-0.3, -0.25) is 4.99 Å². The lowest BCUT2D eigenvalue weighted by Gasteiger charge is -2.18. The molecule has 0 bridgehead atoms. The second-order valence-corrected chi connectivity index (χ2v) is 9.08. The van der Waals surface area contributed by atoms with Crippen molar-refractivity contribution in [1.29, 1.82) is 0 Å². The molecule has 10 heteroatoms. The highest BCUT2D eigenvalue weighted by molar-refractivity contribution is 14.0. The van der Waals surface area contributed by atoms with E-state index in [1.807, 2.05) is 19.9 Å². The number of guanidine groups is 1. The van der Waals surface area contributed by atoms with Crippen LogP contribution in [0.25, 0.3) is 0 Å². The number of hydrogen-bond acceptors (Lipinski definition) is 5. The Bertz CT molecular complexity index is 817. The summed E-state index contributed by atoms with van der Waals surface area (Å²) in [4.78, 5) is 4.24. The average molecular weight is 554 g/mol. The quantitative estimate of drug-likeness (QED) is 0.200. The minimum Gasteiger partial charge on any atom is -0.494 e. The maximum Gasteiger partial charge on any atom is 0.211 e. The van der Waals surface area contributed by atoms with Crippen LogP contribution in [0.4, 0.5) is 0 Å². The van der Waals surface area contributed by atoms with E-state index in [1.54, 1.807) is 7.05 Å². The van der Waals surface area contributed by atoms with E-state index < -0.39 is 10.0 Å². The Morgan fingerprint density at radius 3 is 2.67 bits per heavy atom. The number of ether oxygens (including phenoxy) is 2. The lowest BCUT2D eigenvalue weighted by atomic mass is 10.1. The number of hydrogen-bond donors (Lipinski definition) is 2. The highest BCUT2D eigenvalue weighted by Crippen LogP contribution is 2.35. The van der Waals surface area contributed by atoms with Crippen LogP contribution in [0.5, 0.6) is 11.5 Å². The van der Waals surface area contributed by atoms with Crippen molar-refractivity contribution in [3.63, 3.8) is 0 Å². The molecule has 172 valence electrons. The zero-order valence-corrected chi connectivity index (χ0v) is 21.7. The third-order valence-electron chi connectivity index (χ3n) is 4.75. The molecule has 1 atom stereocenters. The van der Waals surface area contributed by atoms with Gasteiger partial charge in [0.15, 0.2) is 5.96 Å². The van der Waals surface area contributed by atoms with Crippen LogP contribution in [-0.4, -0.2) is 64.3 Å². The molecule has 30 heavy (non-hydrogen) atoms. The van der Waals surface area contributed by atoms with Gasteiger partial charge in [-0.2, -0.15) is 0 Å². The molecule has 0 aromatic heterocycles. The van der Waals surface area contributed by atoms with Crippen molar-refractivity contribution in [3.05, 3.63) is 23.3 Å². The highest BCUT2D eigenvalue weighted by Gasteiger charge is 2.22. The number of halogens is 1. The van der Waals surface area contributed by atoms with Crippen LogP contribution >= 0.6 is 24.0 Å². The van der Waals surface area contributed by atoms with Gasteiger partial charge in [0, 0.05) is 50.8 Å². The third kappa shape index (κ3) is 7.77. The van der Waals surface area contributed by atoms with E-state index in [1.165, 1.54) is 16.1 Å². The van der Waals surface area contributed by atoms with Gasteiger partial charge in [-0.15, -0.1) is 24.0 Å². The maximum atomic E-state index is 11.6. The average Bonchev–Trinajstić information content (AvgIpc) is 3.02. The number of nitrogens with zero attached hydrogens (tertiary/aromatic N) is 2. The van der Waals surface area contributed by atoms with Crippen LogP contribution in [0.2, 0.25) is 0 Å². The number of benzene rings is 1. The van der Waals surface area contributed by atoms with Crippen LogP contribution in [0.1, 0.15) is 38.3 Å². The lowest BCUT2D eigenvalue weighted by Crippen LogP contribution is -2.39. The molecule has 2 rings (SSSR count). The van der Waals surface area contributed by atoms with Gasteiger partial charge in [-0.05, 0) is 32.4 Å². The second-order valence-electron chi connectivity index (χ2n) is 7.09. The summed E-state index contributed by atoms with van der Waals surface area (Å²) in [6.07, 6.45) is 3.01. The molecule has 1 aliphatic rings. The number of nitrogens with one attached hydrogen (secondary N) is 2. The van der Waals surface area contributed by atoms with E-state index >= 15 is 0 Å². The molecule has 1 unspecified atom stereocenters. The first-order valence-electron chi connectivity index (χ1n) is 10.1. The van der Waals surface area contributed by atoms with Crippen molar-refractivity contribution in [1.82, 2.24) is 14.9 Å². The summed E-state index contributed by atoms with van der Waals surface area (Å²) >= 11 is 0. The van der Waals surface area contributed by atoms with E-state index in [2.05, 4.69) is 28.6 Å². The molecular formula is C20H35IN4O4S. The molecule has 0 saturated carbocycles. The maximum absolute atomic E-state index is 11.6. The molecule has 1 aromatic carbocycles. The Balaban J connectivity index is 0.00000450. The normalized spacial score (nSPS) is 15.9. The zero-order chi connectivity index (χ0) is 21.4. The van der Waals surface area contributed by atoms with E-state index in [9.17, 15) is 8.42 Å². The summed E-state index contributed by atoms with van der Waals surface area (Å²) in [5.74, 6) is 2.43. The topological polar surface area (TPSA) is 92.3 Å². The van der Waals surface area contributed by atoms with Gasteiger partial charge < -0.3 is 20.1 Å². The molecule has 0 fully saturated rings. The Morgan fingerprint density at radius 1 is 1.33 bits per heavy atom. The first-order chi connectivity index (χ1) is 13.8. The summed E-state index contributed by atoms with van der Waals surface area (Å²) in [6, 6.07) is 4.11. The Kier molecular flexibility index (Phi) is 11.2. The lowest BCUT2D eigenvalue weighted by molar-refractivity contribution is 0.254. The summed E-state index contributed by atoms with van der Waals surface area (Å²) in [5.41, 5.74) is 2.19. The minimum atomic E-state index is -3.15. The van der Waals surface area contributed by atoms with Crippen LogP contribution in [0.15, 0.2) is 17.1 Å². The molecule has 2 N–H and O–H groups in total. The molecule has 1 aliphatic heterocycles. The van der Waals surface area contributed by atoms with Gasteiger partial charge in [0.25, 0.3) is 0 Å². The van der Waals surface area contributed by atoms with Gasteiger partial charge in [-0.25, -0.2) is 12.7 Å². The fourth-order valence-corrected chi connectivity index (χ4v) is 4.26. The van der Waals surface area contributed by atoms with Crippen molar-refractivity contribution < 1.29 is 17.9 Å². The zero-order valence-electron chi connectivity index (χ0n) is 18.5. The minimum absolute atomic E-state index is 0. The van der Waals surface area contributed by atoms with Gasteiger partial charge in [0.05, 0.1) is 12.9 Å². The van der Waals surface area contributed by atoms with E-state index in [4.69, 9.17) is 9.47 Å². The first kappa shape index (κ1) is 26.8. The summed E-state index contributed by atoms with van der Waals surface area (Å²) in [5, 5.41) is 6.52. The number of fused-ring (bicyclic) bond motifs is 1. The monoisotopic (exact) mass is 554 g/mol. The van der Waals surface area contributed by atoms with E-state index in [0.717, 1.165) is 23.5 Å². The van der Waals surface area contributed by atoms with Crippen molar-refractivity contribution in [2.24, 2.45) is 4.99 Å².